The lowest BCUT2D eigenvalue weighted by Crippen LogP contribution is -2.32. The second kappa shape index (κ2) is 8.84. The van der Waals surface area contributed by atoms with E-state index in [1.807, 2.05) is 24.3 Å². The molecule has 32 heavy (non-hydrogen) atoms. The molecule has 168 valence electrons. The van der Waals surface area contributed by atoms with Gasteiger partial charge in [0.2, 0.25) is 0 Å². The first-order valence-electron chi connectivity index (χ1n) is 11.1. The highest BCUT2D eigenvalue weighted by Gasteiger charge is 2.29. The maximum atomic E-state index is 13.2. The Labute approximate surface area is 192 Å². The zero-order valence-electron chi connectivity index (χ0n) is 17.7. The van der Waals surface area contributed by atoms with E-state index in [1.54, 1.807) is 18.2 Å². The Bertz CT molecular complexity index is 1260. The number of amides is 1. The molecule has 2 aliphatic rings. The van der Waals surface area contributed by atoms with Gasteiger partial charge in [0.05, 0.1) is 16.6 Å². The second-order valence-corrected chi connectivity index (χ2v) is 11.2. The summed E-state index contributed by atoms with van der Waals surface area (Å²) >= 11 is 1.39. The number of nitrogens with one attached hydrogen (secondary N) is 2. The molecule has 3 aromatic rings. The molecule has 0 spiro atoms. The highest BCUT2D eigenvalue weighted by Crippen LogP contribution is 2.39. The molecule has 1 fully saturated rings. The van der Waals surface area contributed by atoms with E-state index in [2.05, 4.69) is 10.0 Å². The highest BCUT2D eigenvalue weighted by atomic mass is 32.2. The standard InChI is InChI=1S/C24H26N2O4S2/c27-23(25-15-18-8-5-13-30-18)22-20-9-3-4-10-21(20)31-24(22)26-32(28,29)19-12-11-16-6-1-2-7-17(16)14-19/h1-2,6-7,11-12,14,18,26H,3-5,8-10,13,15H2,(H,25,27). The van der Waals surface area contributed by atoms with Crippen LogP contribution in [0.3, 0.4) is 0 Å². The van der Waals surface area contributed by atoms with Crippen molar-refractivity contribution >= 4 is 43.0 Å². The molecule has 0 radical (unpaired) electrons. The lowest BCUT2D eigenvalue weighted by molar-refractivity contribution is 0.0858. The van der Waals surface area contributed by atoms with Gasteiger partial charge in [-0.25, -0.2) is 8.42 Å². The molecule has 2 heterocycles. The smallest absolute Gasteiger partial charge is 0.262 e. The van der Waals surface area contributed by atoms with E-state index in [-0.39, 0.29) is 16.9 Å². The van der Waals surface area contributed by atoms with Crippen molar-refractivity contribution in [1.29, 1.82) is 0 Å². The van der Waals surface area contributed by atoms with Crippen molar-refractivity contribution in [3.05, 3.63) is 58.5 Å². The molecule has 1 aliphatic heterocycles. The summed E-state index contributed by atoms with van der Waals surface area (Å²) in [6, 6.07) is 12.7. The molecule has 8 heteroatoms. The van der Waals surface area contributed by atoms with Gasteiger partial charge in [0.25, 0.3) is 15.9 Å². The fraction of sp³-hybridized carbons (Fsp3) is 0.375. The van der Waals surface area contributed by atoms with E-state index < -0.39 is 10.0 Å². The van der Waals surface area contributed by atoms with Crippen LogP contribution in [0.15, 0.2) is 47.4 Å². The average molecular weight is 471 g/mol. The first-order valence-corrected chi connectivity index (χ1v) is 13.4. The number of sulfonamides is 1. The summed E-state index contributed by atoms with van der Waals surface area (Å²) < 4.78 is 34.8. The summed E-state index contributed by atoms with van der Waals surface area (Å²) in [7, 11) is -3.84. The van der Waals surface area contributed by atoms with Crippen LogP contribution in [0.2, 0.25) is 0 Å². The first-order chi connectivity index (χ1) is 15.5. The van der Waals surface area contributed by atoms with Crippen molar-refractivity contribution in [3.8, 4) is 0 Å². The van der Waals surface area contributed by atoms with E-state index in [1.165, 1.54) is 11.3 Å². The van der Waals surface area contributed by atoms with Crippen molar-refractivity contribution in [1.82, 2.24) is 5.32 Å². The third-order valence-corrected chi connectivity index (χ3v) is 8.85. The molecule has 1 unspecified atom stereocenters. The quantitative estimate of drug-likeness (QED) is 0.556. The minimum Gasteiger partial charge on any atom is -0.376 e. The molecule has 2 aromatic carbocycles. The Balaban J connectivity index is 1.45. The van der Waals surface area contributed by atoms with Gasteiger partial charge in [-0.1, -0.05) is 30.3 Å². The van der Waals surface area contributed by atoms with Gasteiger partial charge in [-0.3, -0.25) is 9.52 Å². The predicted molar refractivity (Wildman–Crippen MR) is 127 cm³/mol. The van der Waals surface area contributed by atoms with Gasteiger partial charge in [0.1, 0.15) is 5.00 Å². The lowest BCUT2D eigenvalue weighted by atomic mass is 9.95. The largest absolute Gasteiger partial charge is 0.376 e. The van der Waals surface area contributed by atoms with Crippen molar-refractivity contribution < 1.29 is 17.9 Å². The van der Waals surface area contributed by atoms with Gasteiger partial charge in [-0.05, 0) is 67.0 Å². The number of thiophene rings is 1. The number of rotatable bonds is 6. The van der Waals surface area contributed by atoms with Crippen LogP contribution < -0.4 is 10.0 Å². The number of aryl methyl sites for hydroxylation is 1. The van der Waals surface area contributed by atoms with Gasteiger partial charge in [-0.15, -0.1) is 11.3 Å². The van der Waals surface area contributed by atoms with E-state index in [0.717, 1.165) is 66.3 Å². The summed E-state index contributed by atoms with van der Waals surface area (Å²) in [6.07, 6.45) is 5.71. The highest BCUT2D eigenvalue weighted by molar-refractivity contribution is 7.93. The number of ether oxygens (including phenoxy) is 1. The Morgan fingerprint density at radius 2 is 1.88 bits per heavy atom. The van der Waals surface area contributed by atoms with Crippen LogP contribution >= 0.6 is 11.3 Å². The summed E-state index contributed by atoms with van der Waals surface area (Å²) in [5.41, 5.74) is 1.47. The molecular weight excluding hydrogens is 444 g/mol. The summed E-state index contributed by atoms with van der Waals surface area (Å²) in [4.78, 5) is 14.5. The molecule has 6 nitrogen and oxygen atoms in total. The van der Waals surface area contributed by atoms with Crippen molar-refractivity contribution in [2.75, 3.05) is 17.9 Å². The van der Waals surface area contributed by atoms with Crippen LogP contribution in [0.1, 0.15) is 46.5 Å². The van der Waals surface area contributed by atoms with Crippen LogP contribution in [0.25, 0.3) is 10.8 Å². The molecule has 1 aliphatic carbocycles. The van der Waals surface area contributed by atoms with Crippen molar-refractivity contribution in [2.24, 2.45) is 0 Å². The minimum atomic E-state index is -3.84. The van der Waals surface area contributed by atoms with Crippen LogP contribution in [-0.2, 0) is 27.6 Å². The summed E-state index contributed by atoms with van der Waals surface area (Å²) in [6.45, 7) is 1.17. The molecule has 1 amide bonds. The first kappa shape index (κ1) is 21.4. The second-order valence-electron chi connectivity index (χ2n) is 8.37. The molecule has 1 saturated heterocycles. The van der Waals surface area contributed by atoms with Crippen LogP contribution in [0.5, 0.6) is 0 Å². The maximum Gasteiger partial charge on any atom is 0.262 e. The van der Waals surface area contributed by atoms with Gasteiger partial charge < -0.3 is 10.1 Å². The fourth-order valence-corrected chi connectivity index (χ4v) is 7.12. The zero-order chi connectivity index (χ0) is 22.1. The molecule has 1 atom stereocenters. The van der Waals surface area contributed by atoms with Crippen LogP contribution in [-0.4, -0.2) is 33.6 Å². The maximum absolute atomic E-state index is 13.2. The third-order valence-electron chi connectivity index (χ3n) is 6.17. The van der Waals surface area contributed by atoms with E-state index >= 15 is 0 Å². The average Bonchev–Trinajstić information content (AvgIpc) is 3.44. The Morgan fingerprint density at radius 3 is 2.69 bits per heavy atom. The Morgan fingerprint density at radius 1 is 1.06 bits per heavy atom. The predicted octanol–water partition coefficient (Wildman–Crippen LogP) is 4.49. The fourth-order valence-electron chi connectivity index (χ4n) is 4.49. The molecule has 0 saturated carbocycles. The molecule has 2 N–H and O–H groups in total. The summed E-state index contributed by atoms with van der Waals surface area (Å²) in [5, 5.41) is 5.22. The zero-order valence-corrected chi connectivity index (χ0v) is 19.4. The molecule has 5 rings (SSSR count). The van der Waals surface area contributed by atoms with Gasteiger partial charge in [-0.2, -0.15) is 0 Å². The number of carbonyl (C=O) groups excluding carboxylic acids is 1. The summed E-state index contributed by atoms with van der Waals surface area (Å²) in [5.74, 6) is -0.226. The van der Waals surface area contributed by atoms with Crippen LogP contribution in [0.4, 0.5) is 5.00 Å². The van der Waals surface area contributed by atoms with E-state index in [9.17, 15) is 13.2 Å². The monoisotopic (exact) mass is 470 g/mol. The number of benzene rings is 2. The van der Waals surface area contributed by atoms with E-state index in [0.29, 0.717) is 17.1 Å². The molecular formula is C24H26N2O4S2. The lowest BCUT2D eigenvalue weighted by Gasteiger charge is -2.15. The van der Waals surface area contributed by atoms with Gasteiger partial charge in [0.15, 0.2) is 0 Å². The number of anilines is 1. The third kappa shape index (κ3) is 4.27. The molecule has 0 bridgehead atoms. The van der Waals surface area contributed by atoms with Gasteiger partial charge >= 0.3 is 0 Å². The Kier molecular flexibility index (Phi) is 5.92. The van der Waals surface area contributed by atoms with Crippen LogP contribution in [0, 0.1) is 0 Å². The SMILES string of the molecule is O=C(NCC1CCCO1)c1c(NS(=O)(=O)c2ccc3ccccc3c2)sc2c1CCCC2. The van der Waals surface area contributed by atoms with E-state index in [4.69, 9.17) is 4.74 Å². The molecule has 1 aromatic heterocycles. The normalized spacial score (nSPS) is 18.4. The number of carbonyl (C=O) groups is 1. The number of fused-ring (bicyclic) bond motifs is 2. The number of hydrogen-bond donors (Lipinski definition) is 2. The van der Waals surface area contributed by atoms with Crippen molar-refractivity contribution in [2.45, 2.75) is 49.5 Å². The minimum absolute atomic E-state index is 0.0335. The Hall–Kier alpha value is -2.42. The van der Waals surface area contributed by atoms with Crippen molar-refractivity contribution in [3.63, 3.8) is 0 Å². The van der Waals surface area contributed by atoms with Gasteiger partial charge in [0, 0.05) is 18.0 Å². The number of hydrogen-bond acceptors (Lipinski definition) is 5. The topological polar surface area (TPSA) is 84.5 Å².